The fraction of sp³-hybridized carbons (Fsp3) is 0.588. The number of nitrogens with one attached hydrogen (secondary N) is 1. The molecule has 0 radical (unpaired) electrons. The Bertz CT molecular complexity index is 613. The molecular weight excluding hydrogens is 376 g/mol. The summed E-state index contributed by atoms with van der Waals surface area (Å²) < 4.78 is 10.6. The molecule has 1 saturated carbocycles. The molecule has 0 spiro atoms. The molecule has 0 bridgehead atoms. The first-order valence-corrected chi connectivity index (χ1v) is 8.85. The van der Waals surface area contributed by atoms with Crippen LogP contribution in [0, 0.1) is 5.92 Å². The maximum Gasteiger partial charge on any atom is 0.331 e. The average molecular weight is 399 g/mol. The van der Waals surface area contributed by atoms with E-state index in [1.54, 1.807) is 6.07 Å². The van der Waals surface area contributed by atoms with E-state index in [1.165, 1.54) is 20.4 Å². The lowest BCUT2D eigenvalue weighted by molar-refractivity contribution is -0.150. The minimum atomic E-state index is -0.954. The molecule has 6 nitrogen and oxygen atoms in total. The predicted octanol–water partition coefficient (Wildman–Crippen LogP) is 3.09. The molecule has 1 aliphatic rings. The maximum atomic E-state index is 12.6. The third-order valence-electron chi connectivity index (χ3n) is 4.73. The smallest absolute Gasteiger partial charge is 0.331 e. The Morgan fingerprint density at radius 3 is 2.54 bits per heavy atom. The molecule has 0 saturated heterocycles. The van der Waals surface area contributed by atoms with Crippen molar-refractivity contribution in [1.29, 1.82) is 0 Å². The van der Waals surface area contributed by atoms with Gasteiger partial charge in [0.1, 0.15) is 5.54 Å². The lowest BCUT2D eigenvalue weighted by atomic mass is 9.75. The number of esters is 1. The molecule has 0 aromatic carbocycles. The molecule has 2 rings (SSSR count). The molecule has 132 valence electrons. The highest BCUT2D eigenvalue weighted by molar-refractivity contribution is 9.10. The molecule has 1 amide bonds. The predicted molar refractivity (Wildman–Crippen MR) is 93.0 cm³/mol. The van der Waals surface area contributed by atoms with Gasteiger partial charge in [0.25, 0.3) is 5.91 Å². The Labute approximate surface area is 150 Å². The number of carbonyl (C=O) groups excluding carboxylic acids is 2. The van der Waals surface area contributed by atoms with E-state index in [4.69, 9.17) is 9.47 Å². The number of amides is 1. The van der Waals surface area contributed by atoms with Crippen molar-refractivity contribution in [2.75, 3.05) is 14.2 Å². The van der Waals surface area contributed by atoms with Crippen LogP contribution < -0.4 is 10.1 Å². The van der Waals surface area contributed by atoms with Gasteiger partial charge in [0, 0.05) is 6.20 Å². The summed E-state index contributed by atoms with van der Waals surface area (Å²) in [5.74, 6) is 0.270. The minimum absolute atomic E-state index is 0.341. The van der Waals surface area contributed by atoms with Gasteiger partial charge in [0.15, 0.2) is 0 Å². The Balaban J connectivity index is 2.19. The van der Waals surface area contributed by atoms with Gasteiger partial charge in [-0.05, 0) is 53.6 Å². The highest BCUT2D eigenvalue weighted by Gasteiger charge is 2.44. The van der Waals surface area contributed by atoms with Crippen LogP contribution in [-0.4, -0.2) is 36.6 Å². The van der Waals surface area contributed by atoms with Crippen LogP contribution in [0.4, 0.5) is 0 Å². The molecule has 1 N–H and O–H groups in total. The number of carbonyl (C=O) groups is 2. The van der Waals surface area contributed by atoms with Gasteiger partial charge in [-0.3, -0.25) is 4.79 Å². The second kappa shape index (κ2) is 7.96. The second-order valence-corrected chi connectivity index (χ2v) is 6.95. The largest absolute Gasteiger partial charge is 0.480 e. The van der Waals surface area contributed by atoms with E-state index < -0.39 is 5.54 Å². The van der Waals surface area contributed by atoms with E-state index in [0.717, 1.165) is 19.3 Å². The van der Waals surface area contributed by atoms with Crippen LogP contribution in [0.25, 0.3) is 0 Å². The van der Waals surface area contributed by atoms with E-state index in [9.17, 15) is 9.59 Å². The lowest BCUT2D eigenvalue weighted by Crippen LogP contribution is -2.56. The fourth-order valence-corrected chi connectivity index (χ4v) is 3.65. The topological polar surface area (TPSA) is 77.5 Å². The van der Waals surface area contributed by atoms with Crippen LogP contribution in [0.15, 0.2) is 16.7 Å². The number of aromatic nitrogens is 1. The Hall–Kier alpha value is -1.63. The quantitative estimate of drug-likeness (QED) is 0.770. The van der Waals surface area contributed by atoms with Gasteiger partial charge in [0.05, 0.1) is 24.3 Å². The summed E-state index contributed by atoms with van der Waals surface area (Å²) in [5.41, 5.74) is -0.590. The zero-order valence-electron chi connectivity index (χ0n) is 14.2. The van der Waals surface area contributed by atoms with Gasteiger partial charge in [-0.15, -0.1) is 0 Å². The molecule has 1 aliphatic carbocycles. The molecule has 24 heavy (non-hydrogen) atoms. The van der Waals surface area contributed by atoms with E-state index in [1.807, 2.05) is 0 Å². The normalized spacial score (nSPS) is 23.4. The molecule has 1 aromatic heterocycles. The standard InChI is InChI=1S/C17H23BrN2O4/c1-4-11-5-7-17(8-6-11,16(22)24-3)20-14(21)12-9-13(18)15(23-2)19-10-12/h9-11H,4-8H2,1-3H3,(H,20,21). The molecule has 1 heterocycles. The first-order chi connectivity index (χ1) is 11.5. The molecule has 0 aliphatic heterocycles. The van der Waals surface area contributed by atoms with Crippen molar-refractivity contribution in [3.63, 3.8) is 0 Å². The number of methoxy groups -OCH3 is 2. The van der Waals surface area contributed by atoms with Crippen molar-refractivity contribution < 1.29 is 19.1 Å². The number of ether oxygens (including phenoxy) is 2. The zero-order valence-corrected chi connectivity index (χ0v) is 15.8. The fourth-order valence-electron chi connectivity index (χ4n) is 3.14. The Morgan fingerprint density at radius 2 is 2.04 bits per heavy atom. The summed E-state index contributed by atoms with van der Waals surface area (Å²) in [5, 5.41) is 2.89. The van der Waals surface area contributed by atoms with Gasteiger partial charge in [-0.2, -0.15) is 0 Å². The van der Waals surface area contributed by atoms with Crippen molar-refractivity contribution in [3.05, 3.63) is 22.3 Å². The molecular formula is C17H23BrN2O4. The number of pyridine rings is 1. The number of halogens is 1. The van der Waals surface area contributed by atoms with Crippen molar-refractivity contribution in [2.45, 2.75) is 44.6 Å². The van der Waals surface area contributed by atoms with Crippen LogP contribution in [0.2, 0.25) is 0 Å². The van der Waals surface area contributed by atoms with Crippen molar-refractivity contribution in [2.24, 2.45) is 5.92 Å². The second-order valence-electron chi connectivity index (χ2n) is 6.09. The van der Waals surface area contributed by atoms with Gasteiger partial charge in [-0.1, -0.05) is 13.3 Å². The van der Waals surface area contributed by atoms with Gasteiger partial charge in [0.2, 0.25) is 5.88 Å². The minimum Gasteiger partial charge on any atom is -0.480 e. The third kappa shape index (κ3) is 3.88. The molecule has 0 atom stereocenters. The van der Waals surface area contributed by atoms with Crippen LogP contribution in [0.3, 0.4) is 0 Å². The van der Waals surface area contributed by atoms with E-state index in [2.05, 4.69) is 33.2 Å². The number of hydrogen-bond acceptors (Lipinski definition) is 5. The first-order valence-electron chi connectivity index (χ1n) is 8.06. The molecule has 1 aromatic rings. The Kier molecular flexibility index (Phi) is 6.21. The van der Waals surface area contributed by atoms with E-state index in [0.29, 0.717) is 34.7 Å². The van der Waals surface area contributed by atoms with Gasteiger partial charge < -0.3 is 14.8 Å². The summed E-state index contributed by atoms with van der Waals surface area (Å²) in [4.78, 5) is 29.0. The van der Waals surface area contributed by atoms with Crippen LogP contribution in [-0.2, 0) is 9.53 Å². The summed E-state index contributed by atoms with van der Waals surface area (Å²) in [6.45, 7) is 2.15. The summed E-state index contributed by atoms with van der Waals surface area (Å²) >= 11 is 3.31. The van der Waals surface area contributed by atoms with Crippen LogP contribution in [0.1, 0.15) is 49.4 Å². The maximum absolute atomic E-state index is 12.6. The SMILES string of the molecule is CCC1CCC(NC(=O)c2cnc(OC)c(Br)c2)(C(=O)OC)CC1. The Morgan fingerprint density at radius 1 is 1.38 bits per heavy atom. The monoisotopic (exact) mass is 398 g/mol. The van der Waals surface area contributed by atoms with Crippen molar-refractivity contribution >= 4 is 27.8 Å². The lowest BCUT2D eigenvalue weighted by Gasteiger charge is -2.38. The number of nitrogens with zero attached hydrogens (tertiary/aromatic N) is 1. The average Bonchev–Trinajstić information content (AvgIpc) is 2.61. The summed E-state index contributed by atoms with van der Waals surface area (Å²) in [7, 11) is 2.86. The van der Waals surface area contributed by atoms with Crippen LogP contribution in [0.5, 0.6) is 5.88 Å². The van der Waals surface area contributed by atoms with Crippen molar-refractivity contribution in [3.8, 4) is 5.88 Å². The molecule has 0 unspecified atom stereocenters. The van der Waals surface area contributed by atoms with E-state index >= 15 is 0 Å². The number of rotatable bonds is 5. The van der Waals surface area contributed by atoms with E-state index in [-0.39, 0.29) is 11.9 Å². The van der Waals surface area contributed by atoms with Crippen molar-refractivity contribution in [1.82, 2.24) is 10.3 Å². The van der Waals surface area contributed by atoms with Gasteiger partial charge in [-0.25, -0.2) is 9.78 Å². The summed E-state index contributed by atoms with van der Waals surface area (Å²) in [6.07, 6.45) is 5.50. The molecule has 1 fully saturated rings. The van der Waals surface area contributed by atoms with Crippen LogP contribution >= 0.6 is 15.9 Å². The van der Waals surface area contributed by atoms with Gasteiger partial charge >= 0.3 is 5.97 Å². The number of hydrogen-bond donors (Lipinski definition) is 1. The zero-order chi connectivity index (χ0) is 17.7. The third-order valence-corrected chi connectivity index (χ3v) is 5.30. The molecule has 7 heteroatoms. The first kappa shape index (κ1) is 18.7. The highest BCUT2D eigenvalue weighted by Crippen LogP contribution is 2.35. The summed E-state index contributed by atoms with van der Waals surface area (Å²) in [6, 6.07) is 1.63. The highest BCUT2D eigenvalue weighted by atomic mass is 79.9.